The molecule has 190 valence electrons. The Labute approximate surface area is 213 Å². The molecule has 0 radical (unpaired) electrons. The van der Waals surface area contributed by atoms with E-state index in [1.165, 1.54) is 32.1 Å². The third-order valence-electron chi connectivity index (χ3n) is 7.44. The molecule has 0 bridgehead atoms. The van der Waals surface area contributed by atoms with Gasteiger partial charge in [-0.1, -0.05) is 17.7 Å². The summed E-state index contributed by atoms with van der Waals surface area (Å²) in [6, 6.07) is 9.08. The van der Waals surface area contributed by atoms with Gasteiger partial charge >= 0.3 is 0 Å². The fourth-order valence-corrected chi connectivity index (χ4v) is 5.57. The molecule has 8 heteroatoms. The zero-order chi connectivity index (χ0) is 23.9. The van der Waals surface area contributed by atoms with Crippen molar-refractivity contribution in [1.29, 1.82) is 0 Å². The van der Waals surface area contributed by atoms with Crippen molar-refractivity contribution in [1.82, 2.24) is 15.3 Å². The van der Waals surface area contributed by atoms with Crippen molar-refractivity contribution < 1.29 is 9.47 Å². The Morgan fingerprint density at radius 2 is 1.80 bits per heavy atom. The van der Waals surface area contributed by atoms with Gasteiger partial charge < -0.3 is 25.4 Å². The lowest BCUT2D eigenvalue weighted by molar-refractivity contribution is 0.0595. The van der Waals surface area contributed by atoms with Crippen LogP contribution in [0.2, 0.25) is 5.02 Å². The minimum Gasteiger partial charge on any atom is -0.381 e. The SMILES string of the molecule is Clc1cnc(N[C@H]2CC[C@H](NC[C@@H]3CCCO3)CC2)cc1-c1cccc(NCC2CCCOC2)n1. The summed E-state index contributed by atoms with van der Waals surface area (Å²) in [5, 5.41) is 11.4. The molecule has 2 aromatic rings. The van der Waals surface area contributed by atoms with E-state index < -0.39 is 0 Å². The van der Waals surface area contributed by atoms with Crippen molar-refractivity contribution >= 4 is 23.2 Å². The van der Waals surface area contributed by atoms with Gasteiger partial charge in [0.05, 0.1) is 23.4 Å². The Morgan fingerprint density at radius 3 is 2.60 bits per heavy atom. The van der Waals surface area contributed by atoms with E-state index in [0.717, 1.165) is 75.1 Å². The zero-order valence-electron chi connectivity index (χ0n) is 20.5. The number of nitrogens with one attached hydrogen (secondary N) is 3. The van der Waals surface area contributed by atoms with E-state index in [2.05, 4.69) is 20.9 Å². The highest BCUT2D eigenvalue weighted by atomic mass is 35.5. The van der Waals surface area contributed by atoms with Crippen LogP contribution < -0.4 is 16.0 Å². The Morgan fingerprint density at radius 1 is 0.943 bits per heavy atom. The smallest absolute Gasteiger partial charge is 0.126 e. The molecule has 3 fully saturated rings. The standard InChI is InChI=1S/C27H38ClN5O2/c28-24-17-31-27(32-21-10-8-20(9-11-21)29-16-22-5-3-13-35-22)14-23(24)25-6-1-7-26(33-25)30-15-19-4-2-12-34-18-19/h1,6-7,14,17,19-22,29H,2-5,8-13,15-16,18H2,(H,30,33)(H,31,32)/t19?,20-,21-,22-/m0/s1. The number of rotatable bonds is 9. The Hall–Kier alpha value is -1.93. The maximum Gasteiger partial charge on any atom is 0.126 e. The Balaban J connectivity index is 1.15. The fourth-order valence-electron chi connectivity index (χ4n) is 5.37. The van der Waals surface area contributed by atoms with Crippen LogP contribution in [0.3, 0.4) is 0 Å². The minimum atomic E-state index is 0.408. The topological polar surface area (TPSA) is 80.3 Å². The van der Waals surface area contributed by atoms with Gasteiger partial charge in [0.25, 0.3) is 0 Å². The molecular formula is C27H38ClN5O2. The molecule has 4 heterocycles. The van der Waals surface area contributed by atoms with Gasteiger partial charge in [-0.05, 0) is 75.5 Å². The lowest BCUT2D eigenvalue weighted by Gasteiger charge is -2.30. The second kappa shape index (κ2) is 12.3. The lowest BCUT2D eigenvalue weighted by atomic mass is 9.91. The van der Waals surface area contributed by atoms with Crippen LogP contribution in [0.5, 0.6) is 0 Å². The van der Waals surface area contributed by atoms with Crippen molar-refractivity contribution in [3.8, 4) is 11.3 Å². The predicted molar refractivity (Wildman–Crippen MR) is 141 cm³/mol. The minimum absolute atomic E-state index is 0.408. The van der Waals surface area contributed by atoms with E-state index in [9.17, 15) is 0 Å². The molecule has 0 amide bonds. The predicted octanol–water partition coefficient (Wildman–Crippen LogP) is 5.13. The van der Waals surface area contributed by atoms with Gasteiger partial charge in [-0.25, -0.2) is 9.97 Å². The number of halogens is 1. The van der Waals surface area contributed by atoms with Crippen LogP contribution in [0, 0.1) is 5.92 Å². The normalized spacial score (nSPS) is 27.0. The van der Waals surface area contributed by atoms with Crippen LogP contribution in [0.1, 0.15) is 51.4 Å². The molecule has 0 spiro atoms. The van der Waals surface area contributed by atoms with E-state index in [0.29, 0.717) is 29.1 Å². The van der Waals surface area contributed by atoms with Crippen LogP contribution in [0.15, 0.2) is 30.5 Å². The van der Waals surface area contributed by atoms with E-state index in [-0.39, 0.29) is 0 Å². The van der Waals surface area contributed by atoms with Crippen molar-refractivity contribution in [3.63, 3.8) is 0 Å². The van der Waals surface area contributed by atoms with E-state index in [1.54, 1.807) is 6.20 Å². The molecule has 3 N–H and O–H groups in total. The summed E-state index contributed by atoms with van der Waals surface area (Å²) >= 11 is 6.55. The highest BCUT2D eigenvalue weighted by molar-refractivity contribution is 6.33. The Kier molecular flexibility index (Phi) is 8.73. The average Bonchev–Trinajstić information content (AvgIpc) is 3.43. The lowest BCUT2D eigenvalue weighted by Crippen LogP contribution is -2.40. The number of hydrogen-bond acceptors (Lipinski definition) is 7. The van der Waals surface area contributed by atoms with Crippen LogP contribution in [0.4, 0.5) is 11.6 Å². The summed E-state index contributed by atoms with van der Waals surface area (Å²) < 4.78 is 11.3. The third-order valence-corrected chi connectivity index (χ3v) is 7.75. The summed E-state index contributed by atoms with van der Waals surface area (Å²) in [5.41, 5.74) is 1.76. The highest BCUT2D eigenvalue weighted by Crippen LogP contribution is 2.30. The van der Waals surface area contributed by atoms with Gasteiger partial charge in [0, 0.05) is 50.1 Å². The van der Waals surface area contributed by atoms with Crippen molar-refractivity contribution in [3.05, 3.63) is 35.5 Å². The van der Waals surface area contributed by atoms with Gasteiger partial charge in [0.2, 0.25) is 0 Å². The molecule has 7 nitrogen and oxygen atoms in total. The van der Waals surface area contributed by atoms with Crippen LogP contribution in [0.25, 0.3) is 11.3 Å². The monoisotopic (exact) mass is 499 g/mol. The molecule has 2 aromatic heterocycles. The quantitative estimate of drug-likeness (QED) is 0.441. The van der Waals surface area contributed by atoms with Crippen LogP contribution >= 0.6 is 11.6 Å². The first-order valence-electron chi connectivity index (χ1n) is 13.3. The fraction of sp³-hybridized carbons (Fsp3) is 0.630. The van der Waals surface area contributed by atoms with Gasteiger partial charge in [-0.3, -0.25) is 0 Å². The number of pyridine rings is 2. The van der Waals surface area contributed by atoms with Crippen molar-refractivity contribution in [2.24, 2.45) is 5.92 Å². The molecule has 35 heavy (non-hydrogen) atoms. The molecule has 1 aliphatic carbocycles. The number of anilines is 2. The second-order valence-corrected chi connectivity index (χ2v) is 10.6. The maximum atomic E-state index is 6.55. The summed E-state index contributed by atoms with van der Waals surface area (Å²) in [6.07, 6.45) is 11.5. The number of ether oxygens (including phenoxy) is 2. The molecule has 2 atom stereocenters. The number of aromatic nitrogens is 2. The molecule has 5 rings (SSSR count). The number of hydrogen-bond donors (Lipinski definition) is 3. The van der Waals surface area contributed by atoms with Gasteiger partial charge in [0.15, 0.2) is 0 Å². The largest absolute Gasteiger partial charge is 0.381 e. The van der Waals surface area contributed by atoms with E-state index in [4.69, 9.17) is 26.1 Å². The first-order valence-corrected chi connectivity index (χ1v) is 13.7. The third kappa shape index (κ3) is 7.06. The summed E-state index contributed by atoms with van der Waals surface area (Å²) in [4.78, 5) is 9.38. The van der Waals surface area contributed by atoms with Crippen molar-refractivity contribution in [2.45, 2.75) is 69.6 Å². The van der Waals surface area contributed by atoms with Gasteiger partial charge in [-0.2, -0.15) is 0 Å². The van der Waals surface area contributed by atoms with E-state index in [1.807, 2.05) is 24.3 Å². The molecular weight excluding hydrogens is 462 g/mol. The number of nitrogens with zero attached hydrogens (tertiary/aromatic N) is 2. The summed E-state index contributed by atoms with van der Waals surface area (Å²) in [7, 11) is 0. The molecule has 2 aliphatic heterocycles. The maximum absolute atomic E-state index is 6.55. The van der Waals surface area contributed by atoms with Crippen LogP contribution in [-0.4, -0.2) is 61.1 Å². The van der Waals surface area contributed by atoms with Crippen LogP contribution in [-0.2, 0) is 9.47 Å². The zero-order valence-corrected chi connectivity index (χ0v) is 21.2. The first kappa shape index (κ1) is 24.8. The molecule has 1 saturated carbocycles. The Bertz CT molecular complexity index is 941. The average molecular weight is 500 g/mol. The van der Waals surface area contributed by atoms with E-state index >= 15 is 0 Å². The molecule has 2 saturated heterocycles. The van der Waals surface area contributed by atoms with Crippen molar-refractivity contribution in [2.75, 3.05) is 43.5 Å². The second-order valence-electron chi connectivity index (χ2n) is 10.2. The summed E-state index contributed by atoms with van der Waals surface area (Å²) in [5.74, 6) is 2.26. The molecule has 1 unspecified atom stereocenters. The van der Waals surface area contributed by atoms with Gasteiger partial charge in [0.1, 0.15) is 11.6 Å². The highest BCUT2D eigenvalue weighted by Gasteiger charge is 2.23. The summed E-state index contributed by atoms with van der Waals surface area (Å²) in [6.45, 7) is 4.49. The first-order chi connectivity index (χ1) is 17.2. The molecule has 3 aliphatic rings. The van der Waals surface area contributed by atoms with Gasteiger partial charge in [-0.15, -0.1) is 0 Å². The molecule has 0 aromatic carbocycles.